The molecule has 1 aliphatic rings. The molecule has 0 unspecified atom stereocenters. The Morgan fingerprint density at radius 1 is 1.38 bits per heavy atom. The van der Waals surface area contributed by atoms with Gasteiger partial charge in [-0.15, -0.1) is 11.3 Å². The van der Waals surface area contributed by atoms with Crippen LogP contribution in [0.1, 0.15) is 27.3 Å². The molecule has 2 aromatic heterocycles. The van der Waals surface area contributed by atoms with Crippen molar-refractivity contribution in [2.75, 3.05) is 11.4 Å². The number of anilines is 1. The van der Waals surface area contributed by atoms with E-state index in [2.05, 4.69) is 5.10 Å². The molecule has 24 heavy (non-hydrogen) atoms. The van der Waals surface area contributed by atoms with Crippen LogP contribution >= 0.6 is 22.9 Å². The molecule has 3 heterocycles. The summed E-state index contributed by atoms with van der Waals surface area (Å²) >= 11 is 7.34. The number of fused-ring (bicyclic) bond motifs is 2. The molecule has 1 amide bonds. The number of aryl methyl sites for hydroxylation is 3. The van der Waals surface area contributed by atoms with Gasteiger partial charge in [-0.2, -0.15) is 5.10 Å². The Kier molecular flexibility index (Phi) is 3.62. The van der Waals surface area contributed by atoms with Crippen molar-refractivity contribution in [3.8, 4) is 0 Å². The number of halogens is 2. The standard InChI is InChI=1S/C17H15ClFN3OS/c1-9-12-8-14(24-17(12)21(2)20-9)16(23)22-5-3-4-10-6-11(18)7-13(19)15(10)22/h6-8H,3-5H2,1-2H3. The first kappa shape index (κ1) is 15.6. The van der Waals surface area contributed by atoms with E-state index in [1.54, 1.807) is 10.7 Å². The highest BCUT2D eigenvalue weighted by molar-refractivity contribution is 7.20. The molecule has 124 valence electrons. The van der Waals surface area contributed by atoms with Crippen LogP contribution in [0, 0.1) is 12.7 Å². The number of aromatic nitrogens is 2. The molecule has 0 aliphatic carbocycles. The third-order valence-corrected chi connectivity index (χ3v) is 5.77. The van der Waals surface area contributed by atoms with Crippen molar-refractivity contribution < 1.29 is 9.18 Å². The number of thiophene rings is 1. The van der Waals surface area contributed by atoms with Crippen LogP contribution in [0.15, 0.2) is 18.2 Å². The molecule has 7 heteroatoms. The fourth-order valence-electron chi connectivity index (χ4n) is 3.30. The van der Waals surface area contributed by atoms with Gasteiger partial charge in [0, 0.05) is 24.0 Å². The highest BCUT2D eigenvalue weighted by atomic mass is 35.5. The Morgan fingerprint density at radius 3 is 2.92 bits per heavy atom. The third-order valence-electron chi connectivity index (χ3n) is 4.36. The van der Waals surface area contributed by atoms with Gasteiger partial charge in [-0.25, -0.2) is 4.39 Å². The minimum atomic E-state index is -0.440. The summed E-state index contributed by atoms with van der Waals surface area (Å²) in [6.45, 7) is 2.43. The fraction of sp³-hybridized carbons (Fsp3) is 0.294. The maximum Gasteiger partial charge on any atom is 0.268 e. The zero-order chi connectivity index (χ0) is 17.0. The number of nitrogens with zero attached hydrogens (tertiary/aromatic N) is 3. The molecule has 0 fully saturated rings. The van der Waals surface area contributed by atoms with Crippen molar-refractivity contribution in [1.82, 2.24) is 9.78 Å². The average molecular weight is 364 g/mol. The van der Waals surface area contributed by atoms with Crippen LogP contribution < -0.4 is 4.90 Å². The van der Waals surface area contributed by atoms with Gasteiger partial charge in [-0.1, -0.05) is 11.6 Å². The van der Waals surface area contributed by atoms with E-state index < -0.39 is 5.82 Å². The topological polar surface area (TPSA) is 38.1 Å². The monoisotopic (exact) mass is 363 g/mol. The van der Waals surface area contributed by atoms with Crippen molar-refractivity contribution in [3.63, 3.8) is 0 Å². The molecular formula is C17H15ClFN3OS. The van der Waals surface area contributed by atoms with Crippen LogP contribution in [0.4, 0.5) is 10.1 Å². The Bertz CT molecular complexity index is 944. The van der Waals surface area contributed by atoms with Crippen molar-refractivity contribution in [2.24, 2.45) is 7.05 Å². The summed E-state index contributed by atoms with van der Waals surface area (Å²) in [5.74, 6) is -0.609. The van der Waals surface area contributed by atoms with E-state index in [0.717, 1.165) is 34.3 Å². The molecule has 0 bridgehead atoms. The lowest BCUT2D eigenvalue weighted by atomic mass is 10.0. The molecule has 4 nitrogen and oxygen atoms in total. The number of rotatable bonds is 1. The van der Waals surface area contributed by atoms with Gasteiger partial charge < -0.3 is 4.90 Å². The molecule has 0 atom stereocenters. The van der Waals surface area contributed by atoms with Gasteiger partial charge in [0.2, 0.25) is 0 Å². The average Bonchev–Trinajstić information content (AvgIpc) is 3.08. The highest BCUT2D eigenvalue weighted by Gasteiger charge is 2.28. The van der Waals surface area contributed by atoms with Crippen LogP contribution in [-0.4, -0.2) is 22.2 Å². The SMILES string of the molecule is Cc1nn(C)c2sc(C(=O)N3CCCc4cc(Cl)cc(F)c43)cc12. The van der Waals surface area contributed by atoms with Crippen LogP contribution in [0.25, 0.3) is 10.2 Å². The predicted octanol–water partition coefficient (Wildman–Crippen LogP) is 4.33. The lowest BCUT2D eigenvalue weighted by molar-refractivity contribution is 0.0988. The van der Waals surface area contributed by atoms with Crippen LogP contribution in [0.5, 0.6) is 0 Å². The molecule has 0 saturated carbocycles. The van der Waals surface area contributed by atoms with Crippen LogP contribution in [-0.2, 0) is 13.5 Å². The van der Waals surface area contributed by atoms with Gasteiger partial charge >= 0.3 is 0 Å². The van der Waals surface area contributed by atoms with Gasteiger partial charge in [0.15, 0.2) is 0 Å². The minimum Gasteiger partial charge on any atom is -0.305 e. The molecule has 4 rings (SSSR count). The Balaban J connectivity index is 1.79. The first-order valence-electron chi connectivity index (χ1n) is 7.68. The van der Waals surface area contributed by atoms with Gasteiger partial charge in [-0.05, 0) is 43.5 Å². The van der Waals surface area contributed by atoms with E-state index in [-0.39, 0.29) is 5.91 Å². The summed E-state index contributed by atoms with van der Waals surface area (Å²) in [5.41, 5.74) is 2.04. The second-order valence-electron chi connectivity index (χ2n) is 5.99. The zero-order valence-electron chi connectivity index (χ0n) is 13.3. The fourth-order valence-corrected chi connectivity index (χ4v) is 4.60. The molecule has 1 aliphatic heterocycles. The van der Waals surface area contributed by atoms with Gasteiger partial charge in [-0.3, -0.25) is 9.48 Å². The van der Waals surface area contributed by atoms with Crippen molar-refractivity contribution >= 4 is 44.7 Å². The first-order valence-corrected chi connectivity index (χ1v) is 8.88. The highest BCUT2D eigenvalue weighted by Crippen LogP contribution is 2.35. The molecule has 0 radical (unpaired) electrons. The largest absolute Gasteiger partial charge is 0.305 e. The number of benzene rings is 1. The molecule has 0 saturated heterocycles. The summed E-state index contributed by atoms with van der Waals surface area (Å²) < 4.78 is 16.2. The molecular weight excluding hydrogens is 349 g/mol. The number of hydrogen-bond donors (Lipinski definition) is 0. The summed E-state index contributed by atoms with van der Waals surface area (Å²) in [5, 5.41) is 5.69. The third kappa shape index (κ3) is 2.32. The van der Waals surface area contributed by atoms with Gasteiger partial charge in [0.25, 0.3) is 5.91 Å². The number of carbonyl (C=O) groups is 1. The second-order valence-corrected chi connectivity index (χ2v) is 7.46. The zero-order valence-corrected chi connectivity index (χ0v) is 14.8. The quantitative estimate of drug-likeness (QED) is 0.645. The summed E-state index contributed by atoms with van der Waals surface area (Å²) in [7, 11) is 1.86. The van der Waals surface area contributed by atoms with E-state index >= 15 is 0 Å². The summed E-state index contributed by atoms with van der Waals surface area (Å²) in [6.07, 6.45) is 1.52. The number of hydrogen-bond acceptors (Lipinski definition) is 3. The summed E-state index contributed by atoms with van der Waals surface area (Å²) in [4.78, 5) is 16.1. The lowest BCUT2D eigenvalue weighted by Crippen LogP contribution is -2.35. The van der Waals surface area contributed by atoms with Crippen LogP contribution in [0.3, 0.4) is 0 Å². The lowest BCUT2D eigenvalue weighted by Gasteiger charge is -2.29. The maximum atomic E-state index is 14.4. The van der Waals surface area contributed by atoms with Gasteiger partial charge in [0.05, 0.1) is 16.3 Å². The molecule has 3 aromatic rings. The molecule has 0 N–H and O–H groups in total. The summed E-state index contributed by atoms with van der Waals surface area (Å²) in [6, 6.07) is 4.87. The second kappa shape index (κ2) is 5.57. The van der Waals surface area contributed by atoms with E-state index in [0.29, 0.717) is 22.1 Å². The van der Waals surface area contributed by atoms with Crippen molar-refractivity contribution in [3.05, 3.63) is 45.2 Å². The normalized spacial score (nSPS) is 14.2. The van der Waals surface area contributed by atoms with E-state index in [9.17, 15) is 9.18 Å². The van der Waals surface area contributed by atoms with Crippen LogP contribution in [0.2, 0.25) is 5.02 Å². The van der Waals surface area contributed by atoms with Crippen molar-refractivity contribution in [1.29, 1.82) is 0 Å². The molecule has 1 aromatic carbocycles. The van der Waals surface area contributed by atoms with E-state index in [1.165, 1.54) is 22.3 Å². The Labute approximate surface area is 147 Å². The van der Waals surface area contributed by atoms with E-state index in [1.807, 2.05) is 20.0 Å². The minimum absolute atomic E-state index is 0.169. The first-order chi connectivity index (χ1) is 11.5. The Hall–Kier alpha value is -1.92. The number of carbonyl (C=O) groups excluding carboxylic acids is 1. The van der Waals surface area contributed by atoms with E-state index in [4.69, 9.17) is 11.6 Å². The molecule has 0 spiro atoms. The maximum absolute atomic E-state index is 14.4. The van der Waals surface area contributed by atoms with Crippen molar-refractivity contribution in [2.45, 2.75) is 19.8 Å². The van der Waals surface area contributed by atoms with Gasteiger partial charge in [0.1, 0.15) is 10.6 Å². The number of amides is 1. The smallest absolute Gasteiger partial charge is 0.268 e. The Morgan fingerprint density at radius 2 is 2.17 bits per heavy atom. The predicted molar refractivity (Wildman–Crippen MR) is 94.7 cm³/mol.